The van der Waals surface area contributed by atoms with Crippen LogP contribution in [-0.2, 0) is 4.79 Å². The Bertz CT molecular complexity index is 257. The van der Waals surface area contributed by atoms with E-state index in [1.807, 2.05) is 20.8 Å². The van der Waals surface area contributed by atoms with Gasteiger partial charge in [-0.1, -0.05) is 41.5 Å². The molecule has 0 rings (SSSR count). The molecule has 15 heavy (non-hydrogen) atoms. The Morgan fingerprint density at radius 1 is 1.07 bits per heavy atom. The summed E-state index contributed by atoms with van der Waals surface area (Å²) in [7, 11) is 0. The van der Waals surface area contributed by atoms with Crippen LogP contribution in [0.15, 0.2) is 10.3 Å². The molecule has 0 aromatic carbocycles. The zero-order valence-electron chi connectivity index (χ0n) is 10.2. The quantitative estimate of drug-likeness (QED) is 0.767. The Balaban J connectivity index is 4.62. The highest BCUT2D eigenvalue weighted by molar-refractivity contribution is 8.08. The van der Waals surface area contributed by atoms with E-state index in [0.29, 0.717) is 4.91 Å². The van der Waals surface area contributed by atoms with Gasteiger partial charge in [0.2, 0.25) is 0 Å². The third kappa shape index (κ3) is 8.88. The minimum Gasteiger partial charge on any atom is -0.477 e. The fraction of sp³-hybridized carbons (Fsp3) is 0.727. The molecule has 0 radical (unpaired) electrons. The summed E-state index contributed by atoms with van der Waals surface area (Å²) in [6, 6.07) is 0. The second-order valence-electron chi connectivity index (χ2n) is 5.23. The van der Waals surface area contributed by atoms with Crippen LogP contribution in [0.5, 0.6) is 0 Å². The number of carboxylic acid groups (broad SMARTS) is 1. The summed E-state index contributed by atoms with van der Waals surface area (Å²) in [5, 5.41) is 10.8. The van der Waals surface area contributed by atoms with E-state index >= 15 is 0 Å². The smallest absolute Gasteiger partial charge is 0.342 e. The van der Waals surface area contributed by atoms with Gasteiger partial charge in [0.25, 0.3) is 0 Å². The van der Waals surface area contributed by atoms with E-state index in [1.165, 1.54) is 11.8 Å². The van der Waals surface area contributed by atoms with Crippen molar-refractivity contribution in [3.05, 3.63) is 10.3 Å². The molecule has 0 fully saturated rings. The first kappa shape index (κ1) is 14.9. The normalized spacial score (nSPS) is 14.1. The minimum atomic E-state index is -0.841. The summed E-state index contributed by atoms with van der Waals surface area (Å²) in [4.78, 5) is 11.4. The second kappa shape index (κ2) is 5.30. The third-order valence-corrected chi connectivity index (χ3v) is 3.48. The largest absolute Gasteiger partial charge is 0.477 e. The van der Waals surface area contributed by atoms with Gasteiger partial charge >= 0.3 is 5.97 Å². The Kier molecular flexibility index (Phi) is 5.27. The number of hydrogen-bond donors (Lipinski definition) is 1. The molecule has 0 aliphatic carbocycles. The van der Waals surface area contributed by atoms with E-state index in [2.05, 4.69) is 20.8 Å². The Morgan fingerprint density at radius 3 is 1.80 bits per heavy atom. The van der Waals surface area contributed by atoms with E-state index in [4.69, 9.17) is 5.11 Å². The molecule has 1 N–H and O–H groups in total. The van der Waals surface area contributed by atoms with Gasteiger partial charge in [-0.15, -0.1) is 23.5 Å². The monoisotopic (exact) mass is 248 g/mol. The van der Waals surface area contributed by atoms with Crippen LogP contribution in [0.4, 0.5) is 0 Å². The van der Waals surface area contributed by atoms with Crippen molar-refractivity contribution in [1.29, 1.82) is 0 Å². The summed E-state index contributed by atoms with van der Waals surface area (Å²) in [5.41, 5.74) is 0. The maximum atomic E-state index is 11.0. The first-order valence-electron chi connectivity index (χ1n) is 4.81. The lowest BCUT2D eigenvalue weighted by molar-refractivity contribution is -0.131. The standard InChI is InChI=1S/C11H20O2S2/c1-10(2,3)14-7-8(9(12)13)15-11(4,5)6/h7H,1-6H3,(H,12,13)/b8-7+. The number of carbonyl (C=O) groups is 1. The van der Waals surface area contributed by atoms with Gasteiger partial charge < -0.3 is 5.11 Å². The molecular weight excluding hydrogens is 228 g/mol. The van der Waals surface area contributed by atoms with E-state index in [1.54, 1.807) is 17.2 Å². The molecule has 4 heteroatoms. The van der Waals surface area contributed by atoms with Crippen LogP contribution < -0.4 is 0 Å². The zero-order valence-corrected chi connectivity index (χ0v) is 11.9. The molecule has 0 aliphatic heterocycles. The highest BCUT2D eigenvalue weighted by Crippen LogP contribution is 2.35. The Morgan fingerprint density at radius 2 is 1.53 bits per heavy atom. The fourth-order valence-electron chi connectivity index (χ4n) is 0.678. The van der Waals surface area contributed by atoms with Gasteiger partial charge in [-0.3, -0.25) is 0 Å². The molecule has 0 atom stereocenters. The predicted octanol–water partition coefficient (Wildman–Crippen LogP) is 3.98. The van der Waals surface area contributed by atoms with Crippen LogP contribution in [0.3, 0.4) is 0 Å². The maximum Gasteiger partial charge on any atom is 0.342 e. The molecule has 0 saturated heterocycles. The van der Waals surface area contributed by atoms with Gasteiger partial charge in [0.15, 0.2) is 0 Å². The van der Waals surface area contributed by atoms with Crippen molar-refractivity contribution in [2.24, 2.45) is 0 Å². The summed E-state index contributed by atoms with van der Waals surface area (Å²) in [5.74, 6) is -0.841. The molecule has 0 aliphatic rings. The van der Waals surface area contributed by atoms with Gasteiger partial charge in [-0.2, -0.15) is 0 Å². The number of hydrogen-bond acceptors (Lipinski definition) is 3. The van der Waals surface area contributed by atoms with E-state index in [0.717, 1.165) is 0 Å². The van der Waals surface area contributed by atoms with Crippen molar-refractivity contribution >= 4 is 29.5 Å². The van der Waals surface area contributed by atoms with E-state index < -0.39 is 5.97 Å². The second-order valence-corrected chi connectivity index (χ2v) is 8.80. The third-order valence-electron chi connectivity index (χ3n) is 1.15. The van der Waals surface area contributed by atoms with Crippen molar-refractivity contribution in [3.8, 4) is 0 Å². The lowest BCUT2D eigenvalue weighted by atomic mass is 10.3. The van der Waals surface area contributed by atoms with Crippen LogP contribution in [0.2, 0.25) is 0 Å². The van der Waals surface area contributed by atoms with Gasteiger partial charge in [-0.25, -0.2) is 4.79 Å². The highest BCUT2D eigenvalue weighted by atomic mass is 32.2. The van der Waals surface area contributed by atoms with Gasteiger partial charge in [-0.05, 0) is 5.41 Å². The topological polar surface area (TPSA) is 37.3 Å². The van der Waals surface area contributed by atoms with Crippen LogP contribution >= 0.6 is 23.5 Å². The van der Waals surface area contributed by atoms with Crippen molar-refractivity contribution in [3.63, 3.8) is 0 Å². The highest BCUT2D eigenvalue weighted by Gasteiger charge is 2.20. The first-order valence-corrected chi connectivity index (χ1v) is 6.51. The van der Waals surface area contributed by atoms with Gasteiger partial charge in [0.05, 0.1) is 4.91 Å². The average Bonchev–Trinajstić information content (AvgIpc) is 1.93. The Labute approximate surface area is 101 Å². The molecule has 0 heterocycles. The van der Waals surface area contributed by atoms with Crippen molar-refractivity contribution in [2.75, 3.05) is 0 Å². The van der Waals surface area contributed by atoms with Crippen LogP contribution in [0.25, 0.3) is 0 Å². The minimum absolute atomic E-state index is 0.0547. The molecule has 0 amide bonds. The van der Waals surface area contributed by atoms with Gasteiger partial charge in [0, 0.05) is 9.49 Å². The van der Waals surface area contributed by atoms with Gasteiger partial charge in [0.1, 0.15) is 0 Å². The number of aliphatic carboxylic acids is 1. The SMILES string of the molecule is CC(C)(C)S/C=C(/SC(C)(C)C)C(=O)O. The van der Waals surface area contributed by atoms with Crippen LogP contribution in [0.1, 0.15) is 41.5 Å². The average molecular weight is 248 g/mol. The molecule has 2 nitrogen and oxygen atoms in total. The van der Waals surface area contributed by atoms with Crippen molar-refractivity contribution in [1.82, 2.24) is 0 Å². The molecule has 0 spiro atoms. The molecule has 0 aromatic rings. The number of rotatable bonds is 3. The number of thioether (sulfide) groups is 2. The summed E-state index contributed by atoms with van der Waals surface area (Å²) in [6.45, 7) is 12.2. The predicted molar refractivity (Wildman–Crippen MR) is 70.4 cm³/mol. The lowest BCUT2D eigenvalue weighted by Gasteiger charge is -2.19. The van der Waals surface area contributed by atoms with Crippen molar-refractivity contribution in [2.45, 2.75) is 51.0 Å². The van der Waals surface area contributed by atoms with Crippen molar-refractivity contribution < 1.29 is 9.90 Å². The molecule has 0 aromatic heterocycles. The zero-order chi connectivity index (χ0) is 12.3. The van der Waals surface area contributed by atoms with Crippen LogP contribution in [0, 0.1) is 0 Å². The molecule has 88 valence electrons. The first-order chi connectivity index (χ1) is 6.51. The maximum absolute atomic E-state index is 11.0. The number of carboxylic acids is 1. The Hall–Kier alpha value is -0.0900. The van der Waals surface area contributed by atoms with E-state index in [-0.39, 0.29) is 9.49 Å². The fourth-order valence-corrected chi connectivity index (χ4v) is 2.32. The lowest BCUT2D eigenvalue weighted by Crippen LogP contribution is -2.12. The summed E-state index contributed by atoms with van der Waals surface area (Å²) in [6.07, 6.45) is 0. The van der Waals surface area contributed by atoms with Crippen LogP contribution in [-0.4, -0.2) is 20.6 Å². The molecule has 0 unspecified atom stereocenters. The molecule has 0 bridgehead atoms. The summed E-state index contributed by atoms with van der Waals surface area (Å²) < 4.78 is -0.0121. The molecule has 0 saturated carbocycles. The van der Waals surface area contributed by atoms with E-state index in [9.17, 15) is 4.79 Å². The summed E-state index contributed by atoms with van der Waals surface area (Å²) >= 11 is 2.94. The molecular formula is C11H20O2S2.